The molecule has 220 valence electrons. The summed E-state index contributed by atoms with van der Waals surface area (Å²) in [6.45, 7) is -0.0775. The Balaban J connectivity index is 1.48. The van der Waals surface area contributed by atoms with Gasteiger partial charge in [-0.15, -0.1) is 0 Å². The maximum absolute atomic E-state index is 13.8. The molecular weight excluding hydrogens is 625 g/mol. The van der Waals surface area contributed by atoms with Crippen LogP contribution < -0.4 is 16.4 Å². The number of nitrogen functional groups attached to an aromatic ring is 1. The number of nitrogens with two attached hydrogens (primary N) is 1. The molecule has 1 aliphatic rings. The zero-order valence-corrected chi connectivity index (χ0v) is 23.6. The van der Waals surface area contributed by atoms with Gasteiger partial charge in [-0.2, -0.15) is 13.2 Å². The summed E-state index contributed by atoms with van der Waals surface area (Å²) in [4.78, 5) is 52.5. The van der Waals surface area contributed by atoms with Crippen molar-refractivity contribution in [1.29, 1.82) is 0 Å². The second-order valence-corrected chi connectivity index (χ2v) is 10.5. The number of carbonyl (C=O) groups is 3. The van der Waals surface area contributed by atoms with Gasteiger partial charge in [0.05, 0.1) is 23.6 Å². The Bertz CT molecular complexity index is 1700. The van der Waals surface area contributed by atoms with E-state index < -0.39 is 35.7 Å². The number of nitrogens with zero attached hydrogens (tertiary/aromatic N) is 5. The molecule has 1 aromatic carbocycles. The number of halogens is 4. The summed E-state index contributed by atoms with van der Waals surface area (Å²) in [5, 5.41) is 5.63. The van der Waals surface area contributed by atoms with Crippen molar-refractivity contribution in [1.82, 2.24) is 29.7 Å². The number of aromatic nitrogens is 4. The van der Waals surface area contributed by atoms with Crippen LogP contribution in [0, 0.1) is 5.92 Å². The van der Waals surface area contributed by atoms with Gasteiger partial charge >= 0.3 is 12.3 Å². The minimum Gasteiger partial charge on any atom is -0.453 e. The van der Waals surface area contributed by atoms with Crippen LogP contribution in [-0.2, 0) is 27.0 Å². The standard InChI is InChI=1S/C26H24BrF3N8O4/c1-42-25(41)32-9-13-7-17(24(40)36-19-4-2-3-18(27)35-19)37(10-13)20(39)11-38-16-6-5-14(26(28,29)30)8-15(16)21-22(31)33-12-34-23(21)38/h2-6,8,12-13,17H,7,9-11H2,1H3,(H,32,41)(H2,31,33,34)(H,35,36,40)/t13-,17-/m0/s1. The molecule has 0 saturated carbocycles. The van der Waals surface area contributed by atoms with E-state index >= 15 is 0 Å². The number of likely N-dealkylation sites (tertiary alicyclic amines) is 1. The molecule has 3 aromatic heterocycles. The van der Waals surface area contributed by atoms with Gasteiger partial charge in [-0.05, 0) is 58.6 Å². The van der Waals surface area contributed by atoms with Crippen LogP contribution in [0.1, 0.15) is 12.0 Å². The Labute approximate surface area is 244 Å². The molecule has 4 N–H and O–H groups in total. The highest BCUT2D eigenvalue weighted by atomic mass is 79.9. The summed E-state index contributed by atoms with van der Waals surface area (Å²) in [5.41, 5.74) is 5.61. The molecule has 0 unspecified atom stereocenters. The fourth-order valence-electron chi connectivity index (χ4n) is 5.08. The highest BCUT2D eigenvalue weighted by Crippen LogP contribution is 2.37. The van der Waals surface area contributed by atoms with Gasteiger partial charge in [0.1, 0.15) is 40.8 Å². The van der Waals surface area contributed by atoms with Crippen LogP contribution in [0.25, 0.3) is 21.9 Å². The quantitative estimate of drug-likeness (QED) is 0.268. The number of pyridine rings is 1. The van der Waals surface area contributed by atoms with Gasteiger partial charge in [-0.25, -0.2) is 19.7 Å². The fourth-order valence-corrected chi connectivity index (χ4v) is 5.43. The zero-order chi connectivity index (χ0) is 30.2. The van der Waals surface area contributed by atoms with E-state index in [-0.39, 0.29) is 60.0 Å². The van der Waals surface area contributed by atoms with Crippen molar-refractivity contribution in [3.8, 4) is 0 Å². The lowest BCUT2D eigenvalue weighted by Gasteiger charge is -2.24. The van der Waals surface area contributed by atoms with Gasteiger partial charge in [0.2, 0.25) is 11.8 Å². The van der Waals surface area contributed by atoms with Crippen molar-refractivity contribution in [3.05, 3.63) is 52.9 Å². The van der Waals surface area contributed by atoms with Gasteiger partial charge in [-0.3, -0.25) is 9.59 Å². The molecule has 0 spiro atoms. The molecule has 1 fully saturated rings. The van der Waals surface area contributed by atoms with Crippen LogP contribution in [0.5, 0.6) is 0 Å². The first-order valence-corrected chi connectivity index (χ1v) is 13.4. The average molecular weight is 649 g/mol. The van der Waals surface area contributed by atoms with Crippen LogP contribution in [0.15, 0.2) is 47.3 Å². The number of nitrogens with one attached hydrogen (secondary N) is 2. The maximum Gasteiger partial charge on any atom is 0.416 e. The highest BCUT2D eigenvalue weighted by Gasteiger charge is 2.40. The molecular formula is C26H24BrF3N8O4. The van der Waals surface area contributed by atoms with E-state index in [2.05, 4.69) is 46.3 Å². The maximum atomic E-state index is 13.8. The number of hydrogen-bond donors (Lipinski definition) is 3. The van der Waals surface area contributed by atoms with Gasteiger partial charge in [0, 0.05) is 18.5 Å². The number of amides is 3. The summed E-state index contributed by atoms with van der Waals surface area (Å²) in [5.74, 6) is -1.03. The van der Waals surface area contributed by atoms with Crippen molar-refractivity contribution in [3.63, 3.8) is 0 Å². The third-order valence-corrected chi connectivity index (χ3v) is 7.43. The monoisotopic (exact) mass is 648 g/mol. The Morgan fingerprint density at radius 1 is 1.19 bits per heavy atom. The van der Waals surface area contributed by atoms with Crippen LogP contribution in [0.4, 0.5) is 29.6 Å². The summed E-state index contributed by atoms with van der Waals surface area (Å²) in [6, 6.07) is 7.16. The molecule has 2 atom stereocenters. The highest BCUT2D eigenvalue weighted by molar-refractivity contribution is 9.10. The Morgan fingerprint density at radius 3 is 2.69 bits per heavy atom. The number of carbonyl (C=O) groups excluding carboxylic acids is 3. The summed E-state index contributed by atoms with van der Waals surface area (Å²) < 4.78 is 47.1. The summed E-state index contributed by atoms with van der Waals surface area (Å²) >= 11 is 3.25. The molecule has 42 heavy (non-hydrogen) atoms. The molecule has 4 aromatic rings. The number of anilines is 2. The number of fused-ring (bicyclic) bond motifs is 3. The van der Waals surface area contributed by atoms with Crippen LogP contribution in [0.2, 0.25) is 0 Å². The average Bonchev–Trinajstić information content (AvgIpc) is 3.51. The molecule has 1 aliphatic heterocycles. The molecule has 12 nitrogen and oxygen atoms in total. The lowest BCUT2D eigenvalue weighted by Crippen LogP contribution is -2.44. The first-order valence-electron chi connectivity index (χ1n) is 12.6. The van der Waals surface area contributed by atoms with E-state index in [1.165, 1.54) is 22.6 Å². The Hall–Kier alpha value is -4.47. The van der Waals surface area contributed by atoms with Crippen LogP contribution in [-0.4, -0.2) is 68.6 Å². The minimum absolute atomic E-state index is 0.0376. The van der Waals surface area contributed by atoms with E-state index in [0.29, 0.717) is 10.1 Å². The molecule has 0 radical (unpaired) electrons. The van der Waals surface area contributed by atoms with Gasteiger partial charge in [0.25, 0.3) is 0 Å². The lowest BCUT2D eigenvalue weighted by atomic mass is 10.1. The van der Waals surface area contributed by atoms with Gasteiger partial charge in [0.15, 0.2) is 0 Å². The molecule has 0 bridgehead atoms. The topological polar surface area (TPSA) is 157 Å². The number of rotatable bonds is 6. The van der Waals surface area contributed by atoms with Crippen molar-refractivity contribution in [2.24, 2.45) is 5.92 Å². The van der Waals surface area contributed by atoms with Crippen molar-refractivity contribution < 1.29 is 32.3 Å². The molecule has 4 heterocycles. The summed E-state index contributed by atoms with van der Waals surface area (Å²) in [7, 11) is 1.22. The fraction of sp³-hybridized carbons (Fsp3) is 0.308. The predicted octanol–water partition coefficient (Wildman–Crippen LogP) is 3.55. The van der Waals surface area contributed by atoms with E-state index in [0.717, 1.165) is 18.5 Å². The molecule has 1 saturated heterocycles. The van der Waals surface area contributed by atoms with E-state index in [4.69, 9.17) is 5.73 Å². The third-order valence-electron chi connectivity index (χ3n) is 6.99. The second-order valence-electron chi connectivity index (χ2n) is 9.64. The Morgan fingerprint density at radius 2 is 1.98 bits per heavy atom. The first kappa shape index (κ1) is 29.0. The number of alkyl halides is 3. The lowest BCUT2D eigenvalue weighted by molar-refractivity contribution is -0.137. The third kappa shape index (κ3) is 5.79. The molecule has 3 amide bonds. The molecule has 5 rings (SSSR count). The predicted molar refractivity (Wildman–Crippen MR) is 149 cm³/mol. The van der Waals surface area contributed by atoms with Crippen molar-refractivity contribution in [2.45, 2.75) is 25.2 Å². The second kappa shape index (κ2) is 11.4. The van der Waals surface area contributed by atoms with Gasteiger partial charge < -0.3 is 30.6 Å². The van der Waals surface area contributed by atoms with Crippen molar-refractivity contribution in [2.75, 3.05) is 31.2 Å². The number of hydrogen-bond acceptors (Lipinski definition) is 8. The normalized spacial score (nSPS) is 17.0. The number of alkyl carbamates (subject to hydrolysis) is 1. The minimum atomic E-state index is -4.60. The number of benzene rings is 1. The van der Waals surface area contributed by atoms with Crippen LogP contribution >= 0.6 is 15.9 Å². The van der Waals surface area contributed by atoms with E-state index in [9.17, 15) is 27.6 Å². The number of ether oxygens (including phenoxy) is 1. The Kier molecular flexibility index (Phi) is 7.90. The SMILES string of the molecule is COC(=O)NC[C@@H]1C[C@@H](C(=O)Nc2cccc(Br)n2)N(C(=O)Cn2c3ccc(C(F)(F)F)cc3c3c(N)ncnc32)C1. The van der Waals surface area contributed by atoms with E-state index in [1.807, 2.05) is 0 Å². The molecule has 0 aliphatic carbocycles. The largest absolute Gasteiger partial charge is 0.453 e. The van der Waals surface area contributed by atoms with Crippen LogP contribution in [0.3, 0.4) is 0 Å². The van der Waals surface area contributed by atoms with Crippen molar-refractivity contribution >= 4 is 67.4 Å². The molecule has 16 heteroatoms. The zero-order valence-electron chi connectivity index (χ0n) is 22.0. The van der Waals surface area contributed by atoms with E-state index in [1.54, 1.807) is 18.2 Å². The number of methoxy groups -OCH3 is 1. The smallest absolute Gasteiger partial charge is 0.416 e. The summed E-state index contributed by atoms with van der Waals surface area (Å²) in [6.07, 6.45) is -3.87. The first-order chi connectivity index (χ1) is 20.0. The van der Waals surface area contributed by atoms with Gasteiger partial charge in [-0.1, -0.05) is 6.07 Å².